The quantitative estimate of drug-likeness (QED) is 0.591. The van der Waals surface area contributed by atoms with Crippen molar-refractivity contribution in [3.63, 3.8) is 0 Å². The lowest BCUT2D eigenvalue weighted by molar-refractivity contribution is -0.179. The normalized spacial score (nSPS) is 24.1. The van der Waals surface area contributed by atoms with Crippen LogP contribution in [0.4, 0.5) is 0 Å². The Hall–Kier alpha value is -1.92. The van der Waals surface area contributed by atoms with E-state index >= 15 is 0 Å². The summed E-state index contributed by atoms with van der Waals surface area (Å²) >= 11 is 0. The number of carboxylic acid groups (broad SMARTS) is 2. The number of carboxylic acids is 2. The van der Waals surface area contributed by atoms with Crippen LogP contribution in [-0.4, -0.2) is 41.7 Å². The molecule has 0 bridgehead atoms. The molecule has 0 aromatic heterocycles. The van der Waals surface area contributed by atoms with Crippen molar-refractivity contribution in [2.75, 3.05) is 13.9 Å². The highest BCUT2D eigenvalue weighted by Gasteiger charge is 2.47. The zero-order chi connectivity index (χ0) is 15.8. The van der Waals surface area contributed by atoms with Gasteiger partial charge in [0.1, 0.15) is 6.79 Å². The standard InChI is InChI=1S/C11H14O6.C3H6/c1-7-8(9(12)13)4-3-5-11(7,10(14)15)17-6-16-2;1-3-2/h3-5,7H,6H2,1-2H3,(H,12,13)(H,14,15);3H,1H2,2H3. The number of hydrogen-bond acceptors (Lipinski definition) is 4. The van der Waals surface area contributed by atoms with Crippen molar-refractivity contribution in [2.45, 2.75) is 19.4 Å². The molecule has 0 saturated heterocycles. The first-order valence-electron chi connectivity index (χ1n) is 5.93. The van der Waals surface area contributed by atoms with Gasteiger partial charge in [-0.2, -0.15) is 0 Å². The van der Waals surface area contributed by atoms with Gasteiger partial charge in [0.25, 0.3) is 0 Å². The first-order chi connectivity index (χ1) is 9.37. The van der Waals surface area contributed by atoms with E-state index in [1.54, 1.807) is 6.08 Å². The molecule has 1 aliphatic rings. The highest BCUT2D eigenvalue weighted by molar-refractivity contribution is 5.92. The highest BCUT2D eigenvalue weighted by Crippen LogP contribution is 2.33. The van der Waals surface area contributed by atoms with Gasteiger partial charge in [0.05, 0.1) is 0 Å². The maximum Gasteiger partial charge on any atom is 0.340 e. The Morgan fingerprint density at radius 3 is 2.45 bits per heavy atom. The lowest BCUT2D eigenvalue weighted by Gasteiger charge is -2.34. The molecule has 2 atom stereocenters. The first kappa shape index (κ1) is 18.1. The molecule has 2 unspecified atom stereocenters. The number of carbonyl (C=O) groups is 2. The van der Waals surface area contributed by atoms with Crippen LogP contribution < -0.4 is 0 Å². The topological polar surface area (TPSA) is 93.1 Å². The van der Waals surface area contributed by atoms with E-state index in [0.29, 0.717) is 0 Å². The van der Waals surface area contributed by atoms with E-state index < -0.39 is 23.5 Å². The molecule has 0 heterocycles. The summed E-state index contributed by atoms with van der Waals surface area (Å²) in [4.78, 5) is 22.3. The number of aliphatic carboxylic acids is 2. The number of rotatable bonds is 5. The third-order valence-electron chi connectivity index (χ3n) is 2.73. The van der Waals surface area contributed by atoms with Crippen LogP contribution >= 0.6 is 0 Å². The van der Waals surface area contributed by atoms with Gasteiger partial charge in [-0.25, -0.2) is 9.59 Å². The van der Waals surface area contributed by atoms with Gasteiger partial charge in [-0.1, -0.05) is 25.2 Å². The van der Waals surface area contributed by atoms with Crippen molar-refractivity contribution in [3.05, 3.63) is 36.5 Å². The van der Waals surface area contributed by atoms with Gasteiger partial charge in [0.2, 0.25) is 0 Å². The van der Waals surface area contributed by atoms with Gasteiger partial charge < -0.3 is 19.7 Å². The molecule has 20 heavy (non-hydrogen) atoms. The molecule has 1 aliphatic carbocycles. The fraction of sp³-hybridized carbons (Fsp3) is 0.429. The van der Waals surface area contributed by atoms with Crippen molar-refractivity contribution in [1.82, 2.24) is 0 Å². The fourth-order valence-corrected chi connectivity index (χ4v) is 1.72. The van der Waals surface area contributed by atoms with Crippen molar-refractivity contribution in [1.29, 1.82) is 0 Å². The van der Waals surface area contributed by atoms with E-state index in [0.717, 1.165) is 0 Å². The van der Waals surface area contributed by atoms with Gasteiger partial charge >= 0.3 is 11.9 Å². The van der Waals surface area contributed by atoms with E-state index in [4.69, 9.17) is 9.84 Å². The smallest absolute Gasteiger partial charge is 0.340 e. The fourth-order valence-electron chi connectivity index (χ4n) is 1.72. The molecule has 112 valence electrons. The maximum absolute atomic E-state index is 11.3. The Labute approximate surface area is 118 Å². The van der Waals surface area contributed by atoms with Crippen molar-refractivity contribution in [3.8, 4) is 0 Å². The number of allylic oxidation sites excluding steroid dienone is 3. The first-order valence-corrected chi connectivity index (χ1v) is 5.93. The average Bonchev–Trinajstić information content (AvgIpc) is 2.38. The lowest BCUT2D eigenvalue weighted by Crippen LogP contribution is -2.48. The van der Waals surface area contributed by atoms with Crippen LogP contribution in [0.5, 0.6) is 0 Å². The zero-order valence-electron chi connectivity index (χ0n) is 11.8. The van der Waals surface area contributed by atoms with Crippen molar-refractivity contribution in [2.24, 2.45) is 5.92 Å². The predicted molar refractivity (Wildman–Crippen MR) is 73.2 cm³/mol. The number of hydrogen-bond donors (Lipinski definition) is 2. The van der Waals surface area contributed by atoms with Crippen LogP contribution in [0.25, 0.3) is 0 Å². The summed E-state index contributed by atoms with van der Waals surface area (Å²) in [7, 11) is 1.36. The van der Waals surface area contributed by atoms with E-state index in [1.165, 1.54) is 32.3 Å². The molecular formula is C14H20O6. The van der Waals surface area contributed by atoms with E-state index in [-0.39, 0.29) is 12.4 Å². The Balaban J connectivity index is 0.00000110. The molecule has 0 aromatic carbocycles. The summed E-state index contributed by atoms with van der Waals surface area (Å²) in [5.74, 6) is -3.21. The Bertz CT molecular complexity index is 423. The Kier molecular flexibility index (Phi) is 7.49. The zero-order valence-corrected chi connectivity index (χ0v) is 11.8. The third kappa shape index (κ3) is 4.04. The molecule has 0 radical (unpaired) electrons. The minimum absolute atomic E-state index is 0.00833. The molecule has 0 fully saturated rings. The second-order valence-electron chi connectivity index (χ2n) is 4.07. The maximum atomic E-state index is 11.3. The lowest BCUT2D eigenvalue weighted by atomic mass is 9.79. The second kappa shape index (κ2) is 8.29. The molecule has 0 aliphatic heterocycles. The molecule has 2 N–H and O–H groups in total. The van der Waals surface area contributed by atoms with Crippen molar-refractivity contribution < 1.29 is 29.3 Å². The molecule has 6 heteroatoms. The van der Waals surface area contributed by atoms with E-state index in [1.807, 2.05) is 6.92 Å². The van der Waals surface area contributed by atoms with Gasteiger partial charge in [-0.3, -0.25) is 0 Å². The highest BCUT2D eigenvalue weighted by atomic mass is 16.7. The summed E-state index contributed by atoms with van der Waals surface area (Å²) in [6.45, 7) is 6.51. The van der Waals surface area contributed by atoms with Crippen LogP contribution in [0.15, 0.2) is 36.5 Å². The molecule has 0 amide bonds. The van der Waals surface area contributed by atoms with Gasteiger partial charge in [0, 0.05) is 18.6 Å². The Morgan fingerprint density at radius 2 is 2.05 bits per heavy atom. The van der Waals surface area contributed by atoms with Gasteiger partial charge in [-0.15, -0.1) is 6.58 Å². The molecule has 0 spiro atoms. The summed E-state index contributed by atoms with van der Waals surface area (Å²) < 4.78 is 9.84. The summed E-state index contributed by atoms with van der Waals surface area (Å²) in [6, 6.07) is 0. The largest absolute Gasteiger partial charge is 0.479 e. The molecule has 0 aromatic rings. The molecule has 1 rings (SSSR count). The van der Waals surface area contributed by atoms with Crippen LogP contribution in [0.3, 0.4) is 0 Å². The average molecular weight is 284 g/mol. The molecular weight excluding hydrogens is 264 g/mol. The summed E-state index contributed by atoms with van der Waals surface area (Å²) in [5, 5.41) is 18.2. The number of ether oxygens (including phenoxy) is 2. The molecule has 6 nitrogen and oxygen atoms in total. The second-order valence-corrected chi connectivity index (χ2v) is 4.07. The SMILES string of the molecule is C=CC.COCOC1(C(=O)O)C=CC=C(C(=O)O)C1C. The van der Waals surface area contributed by atoms with Crippen LogP contribution in [0, 0.1) is 5.92 Å². The minimum Gasteiger partial charge on any atom is -0.479 e. The van der Waals surface area contributed by atoms with E-state index in [2.05, 4.69) is 11.3 Å². The Morgan fingerprint density at radius 1 is 1.50 bits per heavy atom. The summed E-state index contributed by atoms with van der Waals surface area (Å²) in [5.41, 5.74) is -1.70. The van der Waals surface area contributed by atoms with Crippen LogP contribution in [0.2, 0.25) is 0 Å². The minimum atomic E-state index is -1.70. The van der Waals surface area contributed by atoms with E-state index in [9.17, 15) is 14.7 Å². The summed E-state index contributed by atoms with van der Waals surface area (Å²) in [6.07, 6.45) is 5.81. The number of methoxy groups -OCH3 is 1. The van der Waals surface area contributed by atoms with Gasteiger partial charge in [0.15, 0.2) is 5.60 Å². The third-order valence-corrected chi connectivity index (χ3v) is 2.73. The molecule has 0 saturated carbocycles. The predicted octanol–water partition coefficient (Wildman–Crippen LogP) is 1.84. The van der Waals surface area contributed by atoms with Gasteiger partial charge in [-0.05, 0) is 13.0 Å². The van der Waals surface area contributed by atoms with Crippen molar-refractivity contribution >= 4 is 11.9 Å². The monoisotopic (exact) mass is 284 g/mol. The van der Waals surface area contributed by atoms with Crippen LogP contribution in [0.1, 0.15) is 13.8 Å². The van der Waals surface area contributed by atoms with Crippen LogP contribution in [-0.2, 0) is 19.1 Å².